The molecule has 0 aliphatic carbocycles. The number of guanidine groups is 1. The van der Waals surface area contributed by atoms with Crippen molar-refractivity contribution >= 4 is 34.2 Å². The molecule has 2 aromatic carbocycles. The molecule has 3 rings (SSSR count). The van der Waals surface area contributed by atoms with E-state index >= 15 is 0 Å². The second-order valence-electron chi connectivity index (χ2n) is 4.93. The molecule has 0 unspecified atom stereocenters. The number of anilines is 1. The largest absolute Gasteiger partial charge is 0.495 e. The van der Waals surface area contributed by atoms with E-state index in [9.17, 15) is 0 Å². The van der Waals surface area contributed by atoms with Crippen LogP contribution in [0.3, 0.4) is 0 Å². The summed E-state index contributed by atoms with van der Waals surface area (Å²) in [7, 11) is 1.57. The van der Waals surface area contributed by atoms with Crippen molar-refractivity contribution in [3.8, 4) is 5.75 Å². The molecule has 0 aliphatic heterocycles. The summed E-state index contributed by atoms with van der Waals surface area (Å²) in [5.41, 5.74) is 7.47. The molecule has 0 fully saturated rings. The summed E-state index contributed by atoms with van der Waals surface area (Å²) in [4.78, 5) is 4.27. The van der Waals surface area contributed by atoms with E-state index in [1.54, 1.807) is 19.2 Å². The van der Waals surface area contributed by atoms with Gasteiger partial charge in [-0.05, 0) is 30.3 Å². The van der Waals surface area contributed by atoms with Crippen molar-refractivity contribution in [2.24, 2.45) is 10.7 Å². The predicted molar refractivity (Wildman–Crippen MR) is 93.2 cm³/mol. The number of rotatable bonds is 4. The second-order valence-corrected chi connectivity index (χ2v) is 5.33. The van der Waals surface area contributed by atoms with Crippen LogP contribution in [0.1, 0.15) is 5.76 Å². The summed E-state index contributed by atoms with van der Waals surface area (Å²) in [6.07, 6.45) is 0. The van der Waals surface area contributed by atoms with Gasteiger partial charge in [-0.1, -0.05) is 29.8 Å². The molecule has 23 heavy (non-hydrogen) atoms. The lowest BCUT2D eigenvalue weighted by Gasteiger charge is -2.08. The summed E-state index contributed by atoms with van der Waals surface area (Å²) in [6.45, 7) is 0.359. The fourth-order valence-corrected chi connectivity index (χ4v) is 2.47. The Morgan fingerprint density at radius 1 is 1.26 bits per heavy atom. The van der Waals surface area contributed by atoms with E-state index in [-0.39, 0.29) is 5.96 Å². The zero-order chi connectivity index (χ0) is 16.2. The van der Waals surface area contributed by atoms with Crippen LogP contribution in [0.2, 0.25) is 5.02 Å². The van der Waals surface area contributed by atoms with E-state index in [0.717, 1.165) is 22.4 Å². The van der Waals surface area contributed by atoms with Gasteiger partial charge in [0.1, 0.15) is 23.6 Å². The monoisotopic (exact) mass is 329 g/mol. The molecule has 1 aromatic heterocycles. The number of nitrogens with zero attached hydrogens (tertiary/aromatic N) is 1. The second kappa shape index (κ2) is 6.62. The standard InChI is InChI=1S/C17H16ClN3O2/c1-22-16-7-6-12(9-14(16)18)21-17(19)20-10-13-8-11-4-2-3-5-15(11)23-13/h2-9H,10H2,1H3,(H3,19,20,21). The SMILES string of the molecule is COc1ccc(NC(N)=NCc2cc3ccccc3o2)cc1Cl. The fraction of sp³-hybridized carbons (Fsp3) is 0.118. The molecule has 0 spiro atoms. The predicted octanol–water partition coefficient (Wildman–Crippen LogP) is 4.02. The summed E-state index contributed by atoms with van der Waals surface area (Å²) in [5, 5.41) is 4.53. The van der Waals surface area contributed by atoms with Gasteiger partial charge in [0.25, 0.3) is 0 Å². The summed E-state index contributed by atoms with van der Waals surface area (Å²) in [6, 6.07) is 15.1. The lowest BCUT2D eigenvalue weighted by atomic mass is 10.2. The number of hydrogen-bond acceptors (Lipinski definition) is 3. The summed E-state index contributed by atoms with van der Waals surface area (Å²) in [5.74, 6) is 1.64. The van der Waals surface area contributed by atoms with E-state index in [0.29, 0.717) is 17.3 Å². The Bertz CT molecular complexity index is 825. The Morgan fingerprint density at radius 2 is 2.09 bits per heavy atom. The van der Waals surface area contributed by atoms with E-state index in [2.05, 4.69) is 10.3 Å². The maximum atomic E-state index is 6.07. The van der Waals surface area contributed by atoms with Gasteiger partial charge in [0.2, 0.25) is 0 Å². The number of methoxy groups -OCH3 is 1. The molecule has 0 atom stereocenters. The smallest absolute Gasteiger partial charge is 0.193 e. The number of nitrogens with two attached hydrogens (primary N) is 1. The zero-order valence-electron chi connectivity index (χ0n) is 12.5. The van der Waals surface area contributed by atoms with Gasteiger partial charge in [0.15, 0.2) is 5.96 Å². The molecule has 0 bridgehead atoms. The highest BCUT2D eigenvalue weighted by molar-refractivity contribution is 6.32. The number of nitrogens with one attached hydrogen (secondary N) is 1. The van der Waals surface area contributed by atoms with Crippen LogP contribution < -0.4 is 15.8 Å². The first-order valence-corrected chi connectivity index (χ1v) is 7.41. The first-order chi connectivity index (χ1) is 11.2. The minimum Gasteiger partial charge on any atom is -0.495 e. The van der Waals surface area contributed by atoms with Gasteiger partial charge in [-0.2, -0.15) is 0 Å². The molecule has 0 amide bonds. The normalized spacial score (nSPS) is 11.7. The van der Waals surface area contributed by atoms with Gasteiger partial charge >= 0.3 is 0 Å². The Hall–Kier alpha value is -2.66. The third-order valence-electron chi connectivity index (χ3n) is 3.31. The highest BCUT2D eigenvalue weighted by atomic mass is 35.5. The maximum absolute atomic E-state index is 6.07. The first-order valence-electron chi connectivity index (χ1n) is 7.03. The van der Waals surface area contributed by atoms with Crippen LogP contribution >= 0.6 is 11.6 Å². The molecule has 3 aromatic rings. The van der Waals surface area contributed by atoms with Crippen molar-refractivity contribution in [3.05, 3.63) is 59.3 Å². The average Bonchev–Trinajstić information content (AvgIpc) is 2.96. The number of ether oxygens (including phenoxy) is 1. The number of benzene rings is 2. The molecule has 1 heterocycles. The average molecular weight is 330 g/mol. The lowest BCUT2D eigenvalue weighted by Crippen LogP contribution is -2.22. The van der Waals surface area contributed by atoms with Gasteiger partial charge in [0.05, 0.1) is 12.1 Å². The Morgan fingerprint density at radius 3 is 2.83 bits per heavy atom. The molecule has 5 nitrogen and oxygen atoms in total. The number of aliphatic imine (C=N–C) groups is 1. The van der Waals surface area contributed by atoms with E-state index in [1.807, 2.05) is 36.4 Å². The number of halogens is 1. The molecule has 6 heteroatoms. The van der Waals surface area contributed by atoms with Crippen molar-refractivity contribution in [2.45, 2.75) is 6.54 Å². The van der Waals surface area contributed by atoms with Gasteiger partial charge < -0.3 is 20.2 Å². The molecule has 0 radical (unpaired) electrons. The third kappa shape index (κ3) is 3.57. The number of para-hydroxylation sites is 1. The first kappa shape index (κ1) is 15.2. The fourth-order valence-electron chi connectivity index (χ4n) is 2.21. The van der Waals surface area contributed by atoms with Gasteiger partial charge in [0, 0.05) is 11.1 Å². The topological polar surface area (TPSA) is 72.8 Å². The highest BCUT2D eigenvalue weighted by Crippen LogP contribution is 2.27. The third-order valence-corrected chi connectivity index (χ3v) is 3.60. The van der Waals surface area contributed by atoms with Crippen LogP contribution in [0.25, 0.3) is 11.0 Å². The van der Waals surface area contributed by atoms with E-state index in [4.69, 9.17) is 26.5 Å². The van der Waals surface area contributed by atoms with Crippen molar-refractivity contribution in [1.82, 2.24) is 0 Å². The Balaban J connectivity index is 1.68. The van der Waals surface area contributed by atoms with Crippen LogP contribution in [0.4, 0.5) is 5.69 Å². The molecule has 3 N–H and O–H groups in total. The van der Waals surface area contributed by atoms with Crippen LogP contribution in [0.5, 0.6) is 5.75 Å². The van der Waals surface area contributed by atoms with Gasteiger partial charge in [-0.15, -0.1) is 0 Å². The molecular formula is C17H16ClN3O2. The van der Waals surface area contributed by atoms with Crippen molar-refractivity contribution in [3.63, 3.8) is 0 Å². The molecule has 0 saturated carbocycles. The highest BCUT2D eigenvalue weighted by Gasteiger charge is 2.04. The molecule has 0 saturated heterocycles. The van der Waals surface area contributed by atoms with Crippen molar-refractivity contribution in [2.75, 3.05) is 12.4 Å². The zero-order valence-corrected chi connectivity index (χ0v) is 13.3. The number of fused-ring (bicyclic) bond motifs is 1. The minimum absolute atomic E-state index is 0.284. The number of hydrogen-bond donors (Lipinski definition) is 2. The van der Waals surface area contributed by atoms with E-state index < -0.39 is 0 Å². The lowest BCUT2D eigenvalue weighted by molar-refractivity contribution is 0.415. The van der Waals surface area contributed by atoms with E-state index in [1.165, 1.54) is 0 Å². The van der Waals surface area contributed by atoms with Crippen LogP contribution in [-0.4, -0.2) is 13.1 Å². The van der Waals surface area contributed by atoms with Crippen LogP contribution in [0, 0.1) is 0 Å². The molecular weight excluding hydrogens is 314 g/mol. The summed E-state index contributed by atoms with van der Waals surface area (Å²) >= 11 is 6.07. The Kier molecular flexibility index (Phi) is 4.39. The maximum Gasteiger partial charge on any atom is 0.193 e. The van der Waals surface area contributed by atoms with Gasteiger partial charge in [-0.3, -0.25) is 0 Å². The molecule has 0 aliphatic rings. The van der Waals surface area contributed by atoms with Crippen molar-refractivity contribution in [1.29, 1.82) is 0 Å². The summed E-state index contributed by atoms with van der Waals surface area (Å²) < 4.78 is 10.8. The van der Waals surface area contributed by atoms with Gasteiger partial charge in [-0.25, -0.2) is 4.99 Å². The van der Waals surface area contributed by atoms with Crippen LogP contribution in [-0.2, 0) is 6.54 Å². The Labute approximate surface area is 138 Å². The number of furan rings is 1. The quantitative estimate of drug-likeness (QED) is 0.560. The minimum atomic E-state index is 0.284. The van der Waals surface area contributed by atoms with Crippen molar-refractivity contribution < 1.29 is 9.15 Å². The molecule has 118 valence electrons. The van der Waals surface area contributed by atoms with Crippen LogP contribution in [0.15, 0.2) is 57.9 Å².